The van der Waals surface area contributed by atoms with Gasteiger partial charge in [-0.15, -0.1) is 0 Å². The minimum atomic E-state index is 0.124. The number of hydrogen-bond donors (Lipinski definition) is 2. The summed E-state index contributed by atoms with van der Waals surface area (Å²) in [5.74, 6) is 1.61. The summed E-state index contributed by atoms with van der Waals surface area (Å²) in [4.78, 5) is 2.49. The lowest BCUT2D eigenvalue weighted by Crippen LogP contribution is -2.34. The van der Waals surface area contributed by atoms with Crippen molar-refractivity contribution in [1.82, 2.24) is 5.32 Å². The van der Waals surface area contributed by atoms with Gasteiger partial charge in [-0.3, -0.25) is 0 Å². The molecule has 1 heterocycles. The summed E-state index contributed by atoms with van der Waals surface area (Å²) in [5, 5.41) is 7.24. The van der Waals surface area contributed by atoms with Crippen molar-refractivity contribution >= 4 is 28.7 Å². The Labute approximate surface area is 180 Å². The standard InChI is InChI=1S/C24H33N3OS/c1-17(2)28-23-9-5-8-21(15-23)26-24(29)25-19(4)20-10-12-22(13-11-20)27-14-6-7-18(3)16-27/h5,8-13,15,17-19H,6-7,14,16H2,1-4H3,(H2,25,26,29)/t18-,19-/m1/s1. The highest BCUT2D eigenvalue weighted by atomic mass is 32.1. The topological polar surface area (TPSA) is 36.5 Å². The normalized spacial score (nSPS) is 17.7. The third-order valence-electron chi connectivity index (χ3n) is 5.23. The molecular weight excluding hydrogens is 378 g/mol. The molecule has 1 saturated heterocycles. The number of nitrogens with zero attached hydrogens (tertiary/aromatic N) is 1. The van der Waals surface area contributed by atoms with Crippen molar-refractivity contribution in [2.45, 2.75) is 52.7 Å². The summed E-state index contributed by atoms with van der Waals surface area (Å²) < 4.78 is 5.75. The molecule has 29 heavy (non-hydrogen) atoms. The molecule has 0 aliphatic carbocycles. The number of thiocarbonyl (C=S) groups is 1. The molecular formula is C24H33N3OS. The minimum Gasteiger partial charge on any atom is -0.491 e. The predicted molar refractivity (Wildman–Crippen MR) is 127 cm³/mol. The summed E-state index contributed by atoms with van der Waals surface area (Å²) in [6.45, 7) is 10.8. The first-order valence-electron chi connectivity index (χ1n) is 10.6. The minimum absolute atomic E-state index is 0.124. The Morgan fingerprint density at radius 1 is 1.14 bits per heavy atom. The highest BCUT2D eigenvalue weighted by Crippen LogP contribution is 2.25. The maximum absolute atomic E-state index is 5.75. The lowest BCUT2D eigenvalue weighted by molar-refractivity contribution is 0.242. The highest BCUT2D eigenvalue weighted by molar-refractivity contribution is 7.80. The Balaban J connectivity index is 1.55. The van der Waals surface area contributed by atoms with E-state index < -0.39 is 0 Å². The monoisotopic (exact) mass is 411 g/mol. The van der Waals surface area contributed by atoms with Crippen LogP contribution in [0.2, 0.25) is 0 Å². The van der Waals surface area contributed by atoms with Gasteiger partial charge in [-0.1, -0.05) is 25.1 Å². The van der Waals surface area contributed by atoms with Crippen molar-refractivity contribution in [3.05, 3.63) is 54.1 Å². The van der Waals surface area contributed by atoms with E-state index in [4.69, 9.17) is 17.0 Å². The molecule has 0 unspecified atom stereocenters. The Morgan fingerprint density at radius 3 is 2.59 bits per heavy atom. The van der Waals surface area contributed by atoms with Crippen LogP contribution < -0.4 is 20.3 Å². The zero-order valence-electron chi connectivity index (χ0n) is 17.9. The van der Waals surface area contributed by atoms with Gasteiger partial charge in [0.15, 0.2) is 5.11 Å². The molecule has 1 aliphatic rings. The third kappa shape index (κ3) is 6.36. The van der Waals surface area contributed by atoms with Crippen molar-refractivity contribution in [2.75, 3.05) is 23.3 Å². The largest absolute Gasteiger partial charge is 0.491 e. The van der Waals surface area contributed by atoms with Crippen LogP contribution in [0.1, 0.15) is 52.1 Å². The van der Waals surface area contributed by atoms with Crippen LogP contribution in [0.15, 0.2) is 48.5 Å². The molecule has 1 aliphatic heterocycles. The van der Waals surface area contributed by atoms with E-state index in [0.29, 0.717) is 5.11 Å². The van der Waals surface area contributed by atoms with Gasteiger partial charge < -0.3 is 20.3 Å². The second kappa shape index (κ2) is 9.97. The van der Waals surface area contributed by atoms with Gasteiger partial charge in [-0.05, 0) is 81.6 Å². The van der Waals surface area contributed by atoms with E-state index in [0.717, 1.165) is 30.4 Å². The molecule has 5 heteroatoms. The molecule has 0 amide bonds. The molecule has 1 fully saturated rings. The fourth-order valence-corrected chi connectivity index (χ4v) is 4.06. The van der Waals surface area contributed by atoms with Gasteiger partial charge >= 0.3 is 0 Å². The van der Waals surface area contributed by atoms with Crippen molar-refractivity contribution in [1.29, 1.82) is 0 Å². The SMILES string of the molecule is CC(C)Oc1cccc(NC(=S)N[C@H](C)c2ccc(N3CCC[C@@H](C)C3)cc2)c1. The van der Waals surface area contributed by atoms with E-state index in [1.165, 1.54) is 24.1 Å². The van der Waals surface area contributed by atoms with Gasteiger partial charge in [0.2, 0.25) is 0 Å². The molecule has 2 aromatic carbocycles. The van der Waals surface area contributed by atoms with Crippen molar-refractivity contribution < 1.29 is 4.74 Å². The van der Waals surface area contributed by atoms with Gasteiger partial charge in [0, 0.05) is 30.5 Å². The van der Waals surface area contributed by atoms with E-state index in [1.54, 1.807) is 0 Å². The molecule has 4 nitrogen and oxygen atoms in total. The van der Waals surface area contributed by atoms with Gasteiger partial charge in [0.25, 0.3) is 0 Å². The van der Waals surface area contributed by atoms with Crippen LogP contribution in [0.5, 0.6) is 5.75 Å². The second-order valence-corrected chi connectivity index (χ2v) is 8.71. The first-order valence-corrected chi connectivity index (χ1v) is 11.0. The van der Waals surface area contributed by atoms with Crippen LogP contribution in [-0.2, 0) is 0 Å². The van der Waals surface area contributed by atoms with Gasteiger partial charge in [-0.2, -0.15) is 0 Å². The fourth-order valence-electron chi connectivity index (χ4n) is 3.76. The summed E-state index contributed by atoms with van der Waals surface area (Å²) >= 11 is 5.51. The van der Waals surface area contributed by atoms with Gasteiger partial charge in [0.1, 0.15) is 5.75 Å². The van der Waals surface area contributed by atoms with E-state index in [-0.39, 0.29) is 12.1 Å². The maximum Gasteiger partial charge on any atom is 0.171 e. The van der Waals surface area contributed by atoms with E-state index in [9.17, 15) is 0 Å². The van der Waals surface area contributed by atoms with Gasteiger partial charge in [0.05, 0.1) is 12.1 Å². The first kappa shape index (κ1) is 21.4. The molecule has 2 N–H and O–H groups in total. The summed E-state index contributed by atoms with van der Waals surface area (Å²) in [5.41, 5.74) is 3.46. The Hall–Kier alpha value is -2.27. The number of hydrogen-bond acceptors (Lipinski definition) is 3. The summed E-state index contributed by atoms with van der Waals surface area (Å²) in [6.07, 6.45) is 2.77. The summed E-state index contributed by atoms with van der Waals surface area (Å²) in [6, 6.07) is 16.9. The van der Waals surface area contributed by atoms with Crippen LogP contribution in [0, 0.1) is 5.92 Å². The molecule has 3 rings (SSSR count). The molecule has 156 valence electrons. The van der Waals surface area contributed by atoms with Crippen LogP contribution in [0.4, 0.5) is 11.4 Å². The number of ether oxygens (including phenoxy) is 1. The molecule has 2 atom stereocenters. The smallest absolute Gasteiger partial charge is 0.171 e. The highest BCUT2D eigenvalue weighted by Gasteiger charge is 2.17. The lowest BCUT2D eigenvalue weighted by Gasteiger charge is -2.33. The van der Waals surface area contributed by atoms with Crippen molar-refractivity contribution in [3.63, 3.8) is 0 Å². The van der Waals surface area contributed by atoms with E-state index in [1.807, 2.05) is 38.1 Å². The van der Waals surface area contributed by atoms with E-state index in [2.05, 4.69) is 53.6 Å². The Morgan fingerprint density at radius 2 is 1.90 bits per heavy atom. The molecule has 0 radical (unpaired) electrons. The molecule has 2 aromatic rings. The van der Waals surface area contributed by atoms with Crippen LogP contribution in [0.3, 0.4) is 0 Å². The van der Waals surface area contributed by atoms with Gasteiger partial charge in [-0.25, -0.2) is 0 Å². The average molecular weight is 412 g/mol. The molecule has 0 aromatic heterocycles. The number of benzene rings is 2. The van der Waals surface area contributed by atoms with Crippen LogP contribution in [-0.4, -0.2) is 24.3 Å². The first-order chi connectivity index (χ1) is 13.9. The zero-order chi connectivity index (χ0) is 20.8. The fraction of sp³-hybridized carbons (Fsp3) is 0.458. The van der Waals surface area contributed by atoms with Crippen LogP contribution >= 0.6 is 12.2 Å². The van der Waals surface area contributed by atoms with E-state index >= 15 is 0 Å². The number of nitrogens with one attached hydrogen (secondary N) is 2. The number of anilines is 2. The molecule has 0 spiro atoms. The Bertz CT molecular complexity index is 806. The van der Waals surface area contributed by atoms with Crippen LogP contribution in [0.25, 0.3) is 0 Å². The molecule has 0 bridgehead atoms. The predicted octanol–water partition coefficient (Wildman–Crippen LogP) is 5.76. The zero-order valence-corrected chi connectivity index (χ0v) is 18.8. The third-order valence-corrected chi connectivity index (χ3v) is 5.45. The number of rotatable bonds is 6. The quantitative estimate of drug-likeness (QED) is 0.591. The van der Waals surface area contributed by atoms with Crippen molar-refractivity contribution in [2.24, 2.45) is 5.92 Å². The Kier molecular flexibility index (Phi) is 7.37. The summed E-state index contributed by atoms with van der Waals surface area (Å²) in [7, 11) is 0. The van der Waals surface area contributed by atoms with Crippen molar-refractivity contribution in [3.8, 4) is 5.75 Å². The maximum atomic E-state index is 5.75. The molecule has 0 saturated carbocycles. The number of piperidine rings is 1. The second-order valence-electron chi connectivity index (χ2n) is 8.30. The average Bonchev–Trinajstić information content (AvgIpc) is 2.67. The lowest BCUT2D eigenvalue weighted by atomic mass is 9.99.